The van der Waals surface area contributed by atoms with Crippen molar-refractivity contribution in [1.82, 2.24) is 15.5 Å². The van der Waals surface area contributed by atoms with Gasteiger partial charge in [-0.2, -0.15) is 0 Å². The number of hydrogen-bond acceptors (Lipinski definition) is 5. The van der Waals surface area contributed by atoms with E-state index in [2.05, 4.69) is 15.5 Å². The van der Waals surface area contributed by atoms with Crippen LogP contribution in [0.4, 0.5) is 0 Å². The van der Waals surface area contributed by atoms with Crippen molar-refractivity contribution in [1.29, 1.82) is 0 Å². The molecule has 2 rings (SSSR count). The van der Waals surface area contributed by atoms with Crippen molar-refractivity contribution in [3.63, 3.8) is 0 Å². The van der Waals surface area contributed by atoms with Crippen molar-refractivity contribution in [2.24, 2.45) is 0 Å². The summed E-state index contributed by atoms with van der Waals surface area (Å²) in [5.41, 5.74) is 0.475. The maximum atomic E-state index is 11.7. The Morgan fingerprint density at radius 3 is 2.85 bits per heavy atom. The number of hydrogen-bond donors (Lipinski definition) is 1. The third-order valence-corrected chi connectivity index (χ3v) is 2.33. The number of nitrogens with one attached hydrogen (secondary N) is 1. The van der Waals surface area contributed by atoms with Crippen molar-refractivity contribution >= 4 is 5.91 Å². The number of amides is 1. The fraction of sp³-hybridized carbons (Fsp3) is 0.357. The van der Waals surface area contributed by atoms with E-state index < -0.39 is 0 Å². The molecule has 6 nitrogen and oxygen atoms in total. The van der Waals surface area contributed by atoms with Crippen LogP contribution in [-0.4, -0.2) is 28.3 Å². The van der Waals surface area contributed by atoms with E-state index in [0.29, 0.717) is 11.6 Å². The topological polar surface area (TPSA) is 77.2 Å². The van der Waals surface area contributed by atoms with Gasteiger partial charge in [-0.05, 0) is 39.0 Å². The molecule has 20 heavy (non-hydrogen) atoms. The summed E-state index contributed by atoms with van der Waals surface area (Å²) < 4.78 is 10.6. The Bertz CT molecular complexity index is 574. The zero-order chi connectivity index (χ0) is 14.6. The second-order valence-corrected chi connectivity index (χ2v) is 5.36. The van der Waals surface area contributed by atoms with E-state index in [-0.39, 0.29) is 18.1 Å². The summed E-state index contributed by atoms with van der Waals surface area (Å²) >= 11 is 0. The lowest BCUT2D eigenvalue weighted by Gasteiger charge is -2.20. The molecule has 0 saturated carbocycles. The maximum Gasteiger partial charge on any atom is 0.258 e. The quantitative estimate of drug-likeness (QED) is 0.923. The Labute approximate surface area is 117 Å². The van der Waals surface area contributed by atoms with E-state index in [1.54, 1.807) is 18.2 Å². The highest BCUT2D eigenvalue weighted by Crippen LogP contribution is 2.21. The molecule has 0 spiro atoms. The highest BCUT2D eigenvalue weighted by atomic mass is 16.5. The average molecular weight is 275 g/mol. The number of rotatable bonds is 4. The van der Waals surface area contributed by atoms with E-state index >= 15 is 0 Å². The molecule has 0 aliphatic heterocycles. The maximum absolute atomic E-state index is 11.7. The van der Waals surface area contributed by atoms with Gasteiger partial charge < -0.3 is 14.5 Å². The second kappa shape index (κ2) is 5.73. The van der Waals surface area contributed by atoms with Crippen LogP contribution in [0.3, 0.4) is 0 Å². The molecule has 6 heteroatoms. The van der Waals surface area contributed by atoms with Crippen LogP contribution in [0.5, 0.6) is 5.75 Å². The Hall–Kier alpha value is -2.37. The molecule has 0 unspecified atom stereocenters. The zero-order valence-electron chi connectivity index (χ0n) is 11.7. The molecule has 0 aliphatic carbocycles. The highest BCUT2D eigenvalue weighted by molar-refractivity contribution is 5.78. The Morgan fingerprint density at radius 1 is 1.40 bits per heavy atom. The van der Waals surface area contributed by atoms with Gasteiger partial charge in [0, 0.05) is 11.1 Å². The molecule has 1 N–H and O–H groups in total. The van der Waals surface area contributed by atoms with E-state index in [4.69, 9.17) is 9.15 Å². The predicted molar refractivity (Wildman–Crippen MR) is 73.1 cm³/mol. The second-order valence-electron chi connectivity index (χ2n) is 5.36. The van der Waals surface area contributed by atoms with Gasteiger partial charge in [0.2, 0.25) is 12.3 Å². The summed E-state index contributed by atoms with van der Waals surface area (Å²) in [6.07, 6.45) is 1.26. The molecule has 0 atom stereocenters. The summed E-state index contributed by atoms with van der Waals surface area (Å²) in [4.78, 5) is 11.7. The molecule has 0 fully saturated rings. The summed E-state index contributed by atoms with van der Waals surface area (Å²) in [5.74, 6) is 0.819. The average Bonchev–Trinajstić information content (AvgIpc) is 2.88. The molecule has 0 aliphatic rings. The van der Waals surface area contributed by atoms with E-state index in [1.807, 2.05) is 26.8 Å². The van der Waals surface area contributed by atoms with Crippen LogP contribution in [0.15, 0.2) is 35.1 Å². The molecule has 1 heterocycles. The fourth-order valence-electron chi connectivity index (χ4n) is 1.62. The van der Waals surface area contributed by atoms with Crippen molar-refractivity contribution < 1.29 is 13.9 Å². The fourth-order valence-corrected chi connectivity index (χ4v) is 1.62. The van der Waals surface area contributed by atoms with Crippen LogP contribution in [0.1, 0.15) is 20.8 Å². The first-order valence-corrected chi connectivity index (χ1v) is 6.24. The molecular weight excluding hydrogens is 258 g/mol. The molecule has 0 radical (unpaired) electrons. The number of aromatic nitrogens is 2. The minimum Gasteiger partial charge on any atom is -0.484 e. The normalized spacial score (nSPS) is 11.2. The monoisotopic (exact) mass is 275 g/mol. The first kappa shape index (κ1) is 14.0. The van der Waals surface area contributed by atoms with Crippen LogP contribution in [0.2, 0.25) is 0 Å². The van der Waals surface area contributed by atoms with Gasteiger partial charge >= 0.3 is 0 Å². The first-order valence-electron chi connectivity index (χ1n) is 6.24. The Balaban J connectivity index is 1.97. The van der Waals surface area contributed by atoms with Crippen LogP contribution < -0.4 is 10.1 Å². The van der Waals surface area contributed by atoms with Gasteiger partial charge in [0.25, 0.3) is 5.91 Å². The standard InChI is InChI=1S/C14H17N3O3/c1-14(2,3)16-12(18)8-19-11-6-4-5-10(7-11)13-17-15-9-20-13/h4-7,9H,8H2,1-3H3,(H,16,18). The summed E-state index contributed by atoms with van der Waals surface area (Å²) in [7, 11) is 0. The van der Waals surface area contributed by atoms with Gasteiger partial charge in [-0.15, -0.1) is 10.2 Å². The van der Waals surface area contributed by atoms with Crippen LogP contribution in [0, 0.1) is 0 Å². The van der Waals surface area contributed by atoms with E-state index in [1.165, 1.54) is 6.39 Å². The highest BCUT2D eigenvalue weighted by Gasteiger charge is 2.14. The summed E-state index contributed by atoms with van der Waals surface area (Å²) in [6, 6.07) is 7.15. The number of benzene rings is 1. The van der Waals surface area contributed by atoms with Gasteiger partial charge in [0.05, 0.1) is 0 Å². The van der Waals surface area contributed by atoms with Gasteiger partial charge in [0.1, 0.15) is 5.75 Å². The lowest BCUT2D eigenvalue weighted by molar-refractivity contribution is -0.124. The SMILES string of the molecule is CC(C)(C)NC(=O)COc1cccc(-c2nnco2)c1. The van der Waals surface area contributed by atoms with E-state index in [9.17, 15) is 4.79 Å². The van der Waals surface area contributed by atoms with Crippen molar-refractivity contribution in [3.05, 3.63) is 30.7 Å². The third-order valence-electron chi connectivity index (χ3n) is 2.33. The molecule has 2 aromatic rings. The lowest BCUT2D eigenvalue weighted by atomic mass is 10.1. The Kier molecular flexibility index (Phi) is 4.02. The molecular formula is C14H17N3O3. The third kappa shape index (κ3) is 4.08. The smallest absolute Gasteiger partial charge is 0.258 e. The van der Waals surface area contributed by atoms with Gasteiger partial charge in [-0.25, -0.2) is 0 Å². The largest absolute Gasteiger partial charge is 0.484 e. The number of ether oxygens (including phenoxy) is 1. The van der Waals surface area contributed by atoms with Crippen molar-refractivity contribution in [2.75, 3.05) is 6.61 Å². The summed E-state index contributed by atoms with van der Waals surface area (Å²) in [6.45, 7) is 5.72. The van der Waals surface area contributed by atoms with Crippen LogP contribution in [0.25, 0.3) is 11.5 Å². The van der Waals surface area contributed by atoms with Gasteiger partial charge in [-0.3, -0.25) is 4.79 Å². The molecule has 1 amide bonds. The van der Waals surface area contributed by atoms with E-state index in [0.717, 1.165) is 5.56 Å². The van der Waals surface area contributed by atoms with Gasteiger partial charge in [0.15, 0.2) is 6.61 Å². The predicted octanol–water partition coefficient (Wildman–Crippen LogP) is 2.03. The van der Waals surface area contributed by atoms with Crippen molar-refractivity contribution in [2.45, 2.75) is 26.3 Å². The first-order chi connectivity index (χ1) is 9.44. The molecule has 0 saturated heterocycles. The number of nitrogens with zero attached hydrogens (tertiary/aromatic N) is 2. The zero-order valence-corrected chi connectivity index (χ0v) is 11.7. The molecule has 0 bridgehead atoms. The van der Waals surface area contributed by atoms with Gasteiger partial charge in [-0.1, -0.05) is 6.07 Å². The van der Waals surface area contributed by atoms with Crippen molar-refractivity contribution in [3.8, 4) is 17.2 Å². The van der Waals surface area contributed by atoms with Crippen LogP contribution in [-0.2, 0) is 4.79 Å². The minimum atomic E-state index is -0.272. The molecule has 106 valence electrons. The minimum absolute atomic E-state index is 0.0371. The molecule has 1 aromatic heterocycles. The summed E-state index contributed by atoms with van der Waals surface area (Å²) in [5, 5.41) is 10.3. The lowest BCUT2D eigenvalue weighted by Crippen LogP contribution is -2.43. The number of carbonyl (C=O) groups is 1. The number of carbonyl (C=O) groups excluding carboxylic acids is 1. The Morgan fingerprint density at radius 2 is 2.20 bits per heavy atom. The molecule has 1 aromatic carbocycles. The van der Waals surface area contributed by atoms with Crippen LogP contribution >= 0.6 is 0 Å².